The van der Waals surface area contributed by atoms with Gasteiger partial charge in [0.1, 0.15) is 9.88 Å². The van der Waals surface area contributed by atoms with Gasteiger partial charge in [0.2, 0.25) is 5.91 Å². The molecule has 1 aliphatic carbocycles. The molecule has 6 heteroatoms. The van der Waals surface area contributed by atoms with E-state index in [0.29, 0.717) is 10.6 Å². The second-order valence-corrected chi connectivity index (χ2v) is 8.01. The van der Waals surface area contributed by atoms with Crippen LogP contribution >= 0.6 is 11.3 Å². The van der Waals surface area contributed by atoms with Gasteiger partial charge in [0.05, 0.1) is 11.1 Å². The number of carbonyl (C=O) groups excluding carboxylic acids is 2. The van der Waals surface area contributed by atoms with E-state index in [2.05, 4.69) is 15.8 Å². The Morgan fingerprint density at radius 2 is 1.61 bits per heavy atom. The number of hydrogen-bond donors (Lipinski definition) is 2. The number of hydrazine groups is 1. The first-order valence-electron chi connectivity index (χ1n) is 9.29. The fourth-order valence-electron chi connectivity index (χ4n) is 3.54. The molecule has 4 rings (SSSR count). The van der Waals surface area contributed by atoms with E-state index in [4.69, 9.17) is 0 Å². The van der Waals surface area contributed by atoms with Gasteiger partial charge in [-0.3, -0.25) is 20.4 Å². The maximum atomic E-state index is 12.9. The summed E-state index contributed by atoms with van der Waals surface area (Å²) in [5.74, 6) is -0.503. The van der Waals surface area contributed by atoms with Gasteiger partial charge in [-0.2, -0.15) is 0 Å². The van der Waals surface area contributed by atoms with Gasteiger partial charge in [0.25, 0.3) is 5.91 Å². The summed E-state index contributed by atoms with van der Waals surface area (Å²) in [5.41, 5.74) is 7.28. The van der Waals surface area contributed by atoms with Crippen molar-refractivity contribution in [2.45, 2.75) is 31.6 Å². The van der Waals surface area contributed by atoms with Crippen molar-refractivity contribution in [3.63, 3.8) is 0 Å². The van der Waals surface area contributed by atoms with E-state index in [1.165, 1.54) is 11.3 Å². The number of nitrogens with one attached hydrogen (secondary N) is 2. The lowest BCUT2D eigenvalue weighted by molar-refractivity contribution is -0.130. The zero-order valence-electron chi connectivity index (χ0n) is 15.6. The average molecular weight is 391 g/mol. The molecule has 28 heavy (non-hydrogen) atoms. The third-order valence-corrected chi connectivity index (χ3v) is 6.49. The van der Waals surface area contributed by atoms with Crippen molar-refractivity contribution in [1.29, 1.82) is 0 Å². The van der Waals surface area contributed by atoms with E-state index in [1.807, 2.05) is 60.7 Å². The van der Waals surface area contributed by atoms with Crippen LogP contribution in [0.5, 0.6) is 0 Å². The van der Waals surface area contributed by atoms with Crippen LogP contribution in [0.4, 0.5) is 0 Å². The summed E-state index contributed by atoms with van der Waals surface area (Å²) in [6.45, 7) is 1.80. The molecule has 142 valence electrons. The molecular formula is C22H21N3O2S. The number of nitrogens with zero attached hydrogens (tertiary/aromatic N) is 1. The zero-order valence-corrected chi connectivity index (χ0v) is 16.4. The van der Waals surface area contributed by atoms with Crippen LogP contribution in [0, 0.1) is 6.92 Å². The monoisotopic (exact) mass is 391 g/mol. The molecule has 0 radical (unpaired) electrons. The summed E-state index contributed by atoms with van der Waals surface area (Å²) in [5, 5.41) is 0.786. The summed E-state index contributed by atoms with van der Waals surface area (Å²) in [6, 6.07) is 19.5. The molecule has 2 aromatic carbocycles. The van der Waals surface area contributed by atoms with Gasteiger partial charge in [0, 0.05) is 5.56 Å². The van der Waals surface area contributed by atoms with Crippen molar-refractivity contribution in [2.75, 3.05) is 0 Å². The van der Waals surface area contributed by atoms with E-state index in [1.54, 1.807) is 6.92 Å². The quantitative estimate of drug-likeness (QED) is 0.661. The molecule has 1 aliphatic rings. The molecule has 3 aromatic rings. The Morgan fingerprint density at radius 1 is 0.964 bits per heavy atom. The minimum Gasteiger partial charge on any atom is -0.272 e. The molecule has 0 bridgehead atoms. The van der Waals surface area contributed by atoms with Crippen molar-refractivity contribution < 1.29 is 9.59 Å². The van der Waals surface area contributed by atoms with Crippen molar-refractivity contribution in [1.82, 2.24) is 15.8 Å². The van der Waals surface area contributed by atoms with E-state index in [0.717, 1.165) is 35.4 Å². The lowest BCUT2D eigenvalue weighted by Gasteiger charge is -2.40. The molecule has 1 aromatic heterocycles. The van der Waals surface area contributed by atoms with Gasteiger partial charge in [-0.05, 0) is 25.3 Å². The van der Waals surface area contributed by atoms with Crippen molar-refractivity contribution in [3.05, 3.63) is 76.8 Å². The van der Waals surface area contributed by atoms with Crippen LogP contribution in [0.15, 0.2) is 60.7 Å². The molecule has 1 saturated carbocycles. The van der Waals surface area contributed by atoms with Gasteiger partial charge < -0.3 is 0 Å². The van der Waals surface area contributed by atoms with Crippen LogP contribution < -0.4 is 10.9 Å². The van der Waals surface area contributed by atoms with E-state index >= 15 is 0 Å². The predicted octanol–water partition coefficient (Wildman–Crippen LogP) is 4.00. The van der Waals surface area contributed by atoms with Crippen molar-refractivity contribution in [2.24, 2.45) is 0 Å². The molecule has 0 atom stereocenters. The number of aryl methyl sites for hydroxylation is 1. The van der Waals surface area contributed by atoms with Gasteiger partial charge in [-0.15, -0.1) is 11.3 Å². The van der Waals surface area contributed by atoms with Gasteiger partial charge >= 0.3 is 0 Å². The number of carbonyl (C=O) groups is 2. The zero-order chi connectivity index (χ0) is 19.6. The van der Waals surface area contributed by atoms with E-state index in [9.17, 15) is 9.59 Å². The summed E-state index contributed by atoms with van der Waals surface area (Å²) >= 11 is 1.32. The minimum absolute atomic E-state index is 0.163. The second kappa shape index (κ2) is 7.56. The Bertz CT molecular complexity index is 995. The third-order valence-electron chi connectivity index (χ3n) is 5.28. The van der Waals surface area contributed by atoms with Crippen LogP contribution in [0.1, 0.15) is 40.2 Å². The summed E-state index contributed by atoms with van der Waals surface area (Å²) < 4.78 is 0. The fourth-order valence-corrected chi connectivity index (χ4v) is 4.50. The highest BCUT2D eigenvalue weighted by Crippen LogP contribution is 2.43. The van der Waals surface area contributed by atoms with Crippen LogP contribution in [0.3, 0.4) is 0 Å². The normalized spacial score (nSPS) is 14.8. The van der Waals surface area contributed by atoms with Crippen LogP contribution in [-0.2, 0) is 10.2 Å². The summed E-state index contributed by atoms with van der Waals surface area (Å²) in [4.78, 5) is 30.5. The van der Waals surface area contributed by atoms with Crippen molar-refractivity contribution in [3.8, 4) is 10.6 Å². The molecule has 0 saturated heterocycles. The maximum absolute atomic E-state index is 12.9. The fraction of sp³-hybridized carbons (Fsp3) is 0.227. The van der Waals surface area contributed by atoms with Gasteiger partial charge in [-0.1, -0.05) is 67.1 Å². The number of hydrogen-bond acceptors (Lipinski definition) is 4. The largest absolute Gasteiger partial charge is 0.281 e. The van der Waals surface area contributed by atoms with Gasteiger partial charge in [-0.25, -0.2) is 4.98 Å². The Hall–Kier alpha value is -2.99. The molecule has 0 aliphatic heterocycles. The minimum atomic E-state index is -0.549. The number of aromatic nitrogens is 1. The molecule has 5 nitrogen and oxygen atoms in total. The standard InChI is InChI=1S/C22H21N3O2S/c1-15-18(28-20(23-15)16-9-4-2-5-10-16)19(26)24-25-21(27)22(13-8-14-22)17-11-6-3-7-12-17/h2-7,9-12H,8,13-14H2,1H3,(H,24,26)(H,25,27). The highest BCUT2D eigenvalue weighted by Gasteiger charge is 2.45. The molecular weight excluding hydrogens is 370 g/mol. The lowest BCUT2D eigenvalue weighted by Crippen LogP contribution is -2.54. The third kappa shape index (κ3) is 3.31. The summed E-state index contributed by atoms with van der Waals surface area (Å²) in [6.07, 6.45) is 2.58. The molecule has 0 unspecified atom stereocenters. The first kappa shape index (κ1) is 18.4. The number of amides is 2. The van der Waals surface area contributed by atoms with Crippen molar-refractivity contribution >= 4 is 23.2 Å². The van der Waals surface area contributed by atoms with E-state index in [-0.39, 0.29) is 11.8 Å². The molecule has 0 spiro atoms. The number of benzene rings is 2. The van der Waals surface area contributed by atoms with Crippen LogP contribution in [-0.4, -0.2) is 16.8 Å². The first-order valence-corrected chi connectivity index (χ1v) is 10.1. The highest BCUT2D eigenvalue weighted by molar-refractivity contribution is 7.17. The Kier molecular flexibility index (Phi) is 4.96. The highest BCUT2D eigenvalue weighted by atomic mass is 32.1. The van der Waals surface area contributed by atoms with Crippen LogP contribution in [0.25, 0.3) is 10.6 Å². The Balaban J connectivity index is 1.46. The maximum Gasteiger partial charge on any atom is 0.281 e. The first-order chi connectivity index (χ1) is 13.6. The topological polar surface area (TPSA) is 71.1 Å². The van der Waals surface area contributed by atoms with Crippen LogP contribution in [0.2, 0.25) is 0 Å². The lowest BCUT2D eigenvalue weighted by atomic mass is 9.64. The number of rotatable bonds is 4. The Labute approximate surface area is 167 Å². The second-order valence-electron chi connectivity index (χ2n) is 7.01. The molecule has 1 heterocycles. The summed E-state index contributed by atoms with van der Waals surface area (Å²) in [7, 11) is 0. The molecule has 2 N–H and O–H groups in total. The molecule has 2 amide bonds. The predicted molar refractivity (Wildman–Crippen MR) is 110 cm³/mol. The Morgan fingerprint density at radius 3 is 2.21 bits per heavy atom. The smallest absolute Gasteiger partial charge is 0.272 e. The SMILES string of the molecule is Cc1nc(-c2ccccc2)sc1C(=O)NNC(=O)C1(c2ccccc2)CCC1. The van der Waals surface area contributed by atoms with E-state index < -0.39 is 5.41 Å². The number of thiazole rings is 1. The van der Waals surface area contributed by atoms with Gasteiger partial charge in [0.15, 0.2) is 0 Å². The average Bonchev–Trinajstić information content (AvgIpc) is 3.09. The molecule has 1 fully saturated rings.